The number of carbonyl (C=O) groups excluding carboxylic acids is 3. The number of carbonyl (C=O) groups is 3. The second-order valence-electron chi connectivity index (χ2n) is 5.82. The zero-order valence-electron chi connectivity index (χ0n) is 14.3. The quantitative estimate of drug-likeness (QED) is 0.791. The third kappa shape index (κ3) is 4.98. The highest BCUT2D eigenvalue weighted by Crippen LogP contribution is 2.17. The highest BCUT2D eigenvalue weighted by Gasteiger charge is 2.26. The van der Waals surface area contributed by atoms with Crippen LogP contribution in [0.25, 0.3) is 0 Å². The van der Waals surface area contributed by atoms with Crippen LogP contribution in [0.15, 0.2) is 46.9 Å². The second kappa shape index (κ2) is 8.54. The van der Waals surface area contributed by atoms with Crippen LogP contribution < -0.4 is 15.6 Å². The summed E-state index contributed by atoms with van der Waals surface area (Å²) >= 11 is 1.51. The number of anilines is 1. The van der Waals surface area contributed by atoms with Gasteiger partial charge in [0, 0.05) is 23.4 Å². The van der Waals surface area contributed by atoms with Crippen molar-refractivity contribution in [1.29, 1.82) is 0 Å². The Morgan fingerprint density at radius 1 is 1.22 bits per heavy atom. The maximum absolute atomic E-state index is 13.2. The summed E-state index contributed by atoms with van der Waals surface area (Å²) in [6, 6.07) is 9.04. The Labute approximate surface area is 158 Å². The van der Waals surface area contributed by atoms with Crippen LogP contribution in [0.4, 0.5) is 10.1 Å². The third-order valence-electron chi connectivity index (χ3n) is 3.88. The summed E-state index contributed by atoms with van der Waals surface area (Å²) in [6.07, 6.45) is 0.325. The van der Waals surface area contributed by atoms with Gasteiger partial charge in [-0.05, 0) is 35.7 Å². The van der Waals surface area contributed by atoms with Gasteiger partial charge in [-0.3, -0.25) is 19.3 Å². The van der Waals surface area contributed by atoms with Gasteiger partial charge in [-0.2, -0.15) is 5.10 Å². The molecule has 0 unspecified atom stereocenters. The summed E-state index contributed by atoms with van der Waals surface area (Å²) < 4.78 is 13.2. The van der Waals surface area contributed by atoms with Crippen LogP contribution in [0.5, 0.6) is 0 Å². The van der Waals surface area contributed by atoms with Crippen LogP contribution >= 0.6 is 11.3 Å². The molecule has 0 aliphatic carbocycles. The number of nitrogens with one attached hydrogen (secondary N) is 2. The maximum atomic E-state index is 13.2. The molecule has 2 N–H and O–H groups in total. The number of hydrazone groups is 1. The standard InChI is InChI=1S/C18H17FN4O3S/c19-12-3-5-13(6-4-12)23(18(26)15-7-8-16(24)22-21-15)11-17(25)20-10-14-2-1-9-27-14/h1-6,9H,7-8,10-11H2,(H,20,25)(H,22,24). The van der Waals surface area contributed by atoms with Gasteiger partial charge in [-0.25, -0.2) is 9.82 Å². The van der Waals surface area contributed by atoms with E-state index in [4.69, 9.17) is 0 Å². The Bertz CT molecular complexity index is 865. The lowest BCUT2D eigenvalue weighted by molar-refractivity contribution is -0.122. The number of thiophene rings is 1. The molecule has 0 spiro atoms. The Balaban J connectivity index is 1.75. The van der Waals surface area contributed by atoms with Gasteiger partial charge >= 0.3 is 0 Å². The van der Waals surface area contributed by atoms with Crippen molar-refractivity contribution in [3.05, 3.63) is 52.5 Å². The molecule has 0 fully saturated rings. The summed E-state index contributed by atoms with van der Waals surface area (Å²) in [5.74, 6) is -1.58. The molecule has 1 aliphatic rings. The number of halogens is 1. The Hall–Kier alpha value is -3.07. The minimum Gasteiger partial charge on any atom is -0.350 e. The molecular formula is C18H17FN4O3S. The summed E-state index contributed by atoms with van der Waals surface area (Å²) in [7, 11) is 0. The maximum Gasteiger partial charge on any atom is 0.274 e. The predicted octanol–water partition coefficient (Wildman–Crippen LogP) is 1.80. The number of amides is 3. The normalized spacial score (nSPS) is 13.5. The monoisotopic (exact) mass is 388 g/mol. The van der Waals surface area contributed by atoms with E-state index < -0.39 is 11.7 Å². The number of benzene rings is 1. The lowest BCUT2D eigenvalue weighted by atomic mass is 10.1. The number of hydrogen-bond acceptors (Lipinski definition) is 5. The molecule has 0 bridgehead atoms. The van der Waals surface area contributed by atoms with E-state index in [9.17, 15) is 18.8 Å². The molecule has 140 valence electrons. The molecule has 1 aliphatic heterocycles. The number of nitrogens with zero attached hydrogens (tertiary/aromatic N) is 2. The van der Waals surface area contributed by atoms with Gasteiger partial charge in [0.2, 0.25) is 11.8 Å². The fourth-order valence-electron chi connectivity index (χ4n) is 2.48. The van der Waals surface area contributed by atoms with Crippen molar-refractivity contribution in [2.75, 3.05) is 11.4 Å². The first-order valence-electron chi connectivity index (χ1n) is 8.25. The molecule has 27 heavy (non-hydrogen) atoms. The fraction of sp³-hybridized carbons (Fsp3) is 0.222. The largest absolute Gasteiger partial charge is 0.350 e. The molecule has 0 saturated carbocycles. The predicted molar refractivity (Wildman–Crippen MR) is 99.7 cm³/mol. The van der Waals surface area contributed by atoms with Crippen LogP contribution in [0.2, 0.25) is 0 Å². The Morgan fingerprint density at radius 3 is 2.63 bits per heavy atom. The molecule has 1 aromatic heterocycles. The van der Waals surface area contributed by atoms with E-state index in [1.165, 1.54) is 40.5 Å². The van der Waals surface area contributed by atoms with Gasteiger partial charge in [0.25, 0.3) is 5.91 Å². The van der Waals surface area contributed by atoms with E-state index in [-0.39, 0.29) is 36.9 Å². The van der Waals surface area contributed by atoms with Gasteiger partial charge < -0.3 is 5.32 Å². The molecule has 3 rings (SSSR count). The molecule has 2 heterocycles. The summed E-state index contributed by atoms with van der Waals surface area (Å²) in [6.45, 7) is 0.113. The van der Waals surface area contributed by atoms with Crippen LogP contribution in [-0.4, -0.2) is 30.0 Å². The van der Waals surface area contributed by atoms with E-state index in [0.29, 0.717) is 12.2 Å². The average molecular weight is 388 g/mol. The first-order chi connectivity index (χ1) is 13.0. The molecule has 0 atom stereocenters. The molecule has 7 nitrogen and oxygen atoms in total. The lowest BCUT2D eigenvalue weighted by Crippen LogP contribution is -2.45. The zero-order chi connectivity index (χ0) is 19.2. The molecule has 0 radical (unpaired) electrons. The van der Waals surface area contributed by atoms with Crippen molar-refractivity contribution in [2.45, 2.75) is 19.4 Å². The van der Waals surface area contributed by atoms with E-state index >= 15 is 0 Å². The van der Waals surface area contributed by atoms with Gasteiger partial charge in [0.1, 0.15) is 18.1 Å². The molecule has 1 aromatic carbocycles. The first kappa shape index (κ1) is 18.7. The van der Waals surface area contributed by atoms with Crippen molar-refractivity contribution in [3.8, 4) is 0 Å². The van der Waals surface area contributed by atoms with Crippen LogP contribution in [-0.2, 0) is 20.9 Å². The van der Waals surface area contributed by atoms with Crippen molar-refractivity contribution in [1.82, 2.24) is 10.7 Å². The lowest BCUT2D eigenvalue weighted by Gasteiger charge is -2.24. The van der Waals surface area contributed by atoms with E-state index in [1.807, 2.05) is 17.5 Å². The summed E-state index contributed by atoms with van der Waals surface area (Å²) in [4.78, 5) is 38.6. The Kier molecular flexibility index (Phi) is 5.92. The summed E-state index contributed by atoms with van der Waals surface area (Å²) in [5.41, 5.74) is 2.78. The number of rotatable bonds is 6. The van der Waals surface area contributed by atoms with Gasteiger partial charge in [-0.15, -0.1) is 11.3 Å². The van der Waals surface area contributed by atoms with Gasteiger partial charge in [-0.1, -0.05) is 6.07 Å². The average Bonchev–Trinajstić information content (AvgIpc) is 3.19. The van der Waals surface area contributed by atoms with Crippen molar-refractivity contribution < 1.29 is 18.8 Å². The molecule has 2 aromatic rings. The van der Waals surface area contributed by atoms with Crippen molar-refractivity contribution >= 4 is 40.5 Å². The van der Waals surface area contributed by atoms with Gasteiger partial charge in [0.15, 0.2) is 0 Å². The van der Waals surface area contributed by atoms with E-state index in [2.05, 4.69) is 15.8 Å². The third-order valence-corrected chi connectivity index (χ3v) is 4.75. The highest BCUT2D eigenvalue weighted by atomic mass is 32.1. The zero-order valence-corrected chi connectivity index (χ0v) is 15.1. The minimum absolute atomic E-state index is 0.144. The Morgan fingerprint density at radius 2 is 2.00 bits per heavy atom. The van der Waals surface area contributed by atoms with Crippen LogP contribution in [0, 0.1) is 5.82 Å². The summed E-state index contributed by atoms with van der Waals surface area (Å²) in [5, 5.41) is 8.45. The van der Waals surface area contributed by atoms with E-state index in [0.717, 1.165) is 4.88 Å². The number of hydrogen-bond donors (Lipinski definition) is 2. The topological polar surface area (TPSA) is 90.9 Å². The molecular weight excluding hydrogens is 371 g/mol. The van der Waals surface area contributed by atoms with E-state index in [1.54, 1.807) is 0 Å². The first-order valence-corrected chi connectivity index (χ1v) is 9.13. The SMILES string of the molecule is O=C(CN(C(=O)C1=NNC(=O)CC1)c1ccc(F)cc1)NCc1cccs1. The van der Waals surface area contributed by atoms with Crippen molar-refractivity contribution in [3.63, 3.8) is 0 Å². The molecule has 9 heteroatoms. The minimum atomic E-state index is -0.507. The van der Waals surface area contributed by atoms with Gasteiger partial charge in [0.05, 0.1) is 6.54 Å². The molecule has 3 amide bonds. The highest BCUT2D eigenvalue weighted by molar-refractivity contribution is 7.09. The van der Waals surface area contributed by atoms with Crippen LogP contribution in [0.3, 0.4) is 0 Å². The smallest absolute Gasteiger partial charge is 0.274 e. The molecule has 0 saturated heterocycles. The van der Waals surface area contributed by atoms with Crippen LogP contribution in [0.1, 0.15) is 17.7 Å². The van der Waals surface area contributed by atoms with Crippen molar-refractivity contribution in [2.24, 2.45) is 5.10 Å². The fourth-order valence-corrected chi connectivity index (χ4v) is 3.13. The second-order valence-corrected chi connectivity index (χ2v) is 6.85.